The van der Waals surface area contributed by atoms with Gasteiger partial charge < -0.3 is 0 Å². The van der Waals surface area contributed by atoms with Crippen molar-refractivity contribution in [1.82, 2.24) is 0 Å². The average molecular weight is 298 g/mol. The Balaban J connectivity index is 1.64. The molecule has 5 nitrogen and oxygen atoms in total. The van der Waals surface area contributed by atoms with Crippen LogP contribution < -0.4 is 9.88 Å². The summed E-state index contributed by atoms with van der Waals surface area (Å²) in [5.74, 6) is 1.28. The molecule has 0 radical (unpaired) electrons. The van der Waals surface area contributed by atoms with E-state index in [2.05, 4.69) is 34.1 Å². The van der Waals surface area contributed by atoms with Gasteiger partial charge in [0.15, 0.2) is 0 Å². The largest absolute Gasteiger partial charge is 0.357 e. The van der Waals surface area contributed by atoms with E-state index in [0.29, 0.717) is 11.7 Å². The van der Waals surface area contributed by atoms with E-state index in [9.17, 15) is 10.1 Å². The van der Waals surface area contributed by atoms with Crippen molar-refractivity contribution in [2.75, 3.05) is 18.0 Å². The molecule has 1 aliphatic heterocycles. The molecule has 3 rings (SSSR count). The summed E-state index contributed by atoms with van der Waals surface area (Å²) in [6.45, 7) is 1.72. The minimum Gasteiger partial charge on any atom is -0.258 e. The first-order valence-electron chi connectivity index (χ1n) is 7.68. The van der Waals surface area contributed by atoms with E-state index in [1.165, 1.54) is 5.56 Å². The molecule has 1 fully saturated rings. The molecule has 114 valence electrons. The number of hydrogen-bond donors (Lipinski definition) is 0. The van der Waals surface area contributed by atoms with Gasteiger partial charge in [-0.1, -0.05) is 30.3 Å². The van der Waals surface area contributed by atoms with Crippen LogP contribution in [0.4, 0.5) is 11.5 Å². The lowest BCUT2D eigenvalue weighted by Gasteiger charge is -2.27. The molecule has 5 heteroatoms. The Morgan fingerprint density at radius 1 is 1.14 bits per heavy atom. The van der Waals surface area contributed by atoms with Crippen LogP contribution in [0, 0.1) is 16.0 Å². The van der Waals surface area contributed by atoms with Gasteiger partial charge in [0.2, 0.25) is 0 Å². The Morgan fingerprint density at radius 3 is 2.55 bits per heavy atom. The Labute approximate surface area is 129 Å². The lowest BCUT2D eigenvalue weighted by molar-refractivity contribution is -0.411. The molecule has 1 saturated heterocycles. The van der Waals surface area contributed by atoms with Gasteiger partial charge in [0.25, 0.3) is 0 Å². The van der Waals surface area contributed by atoms with Crippen LogP contribution in [-0.4, -0.2) is 18.0 Å². The second-order valence-corrected chi connectivity index (χ2v) is 5.78. The third-order valence-electron chi connectivity index (χ3n) is 4.31. The van der Waals surface area contributed by atoms with E-state index in [4.69, 9.17) is 0 Å². The van der Waals surface area contributed by atoms with E-state index < -0.39 is 0 Å². The highest BCUT2D eigenvalue weighted by Crippen LogP contribution is 2.28. The molecule has 0 spiro atoms. The fraction of sp³-hybridized carbons (Fsp3) is 0.353. The SMILES string of the molecule is O=[N+]([O-])c1ccc[nH+]c1N1CCC(Cc2ccccc2)CC1. The van der Waals surface area contributed by atoms with Gasteiger partial charge in [-0.3, -0.25) is 15.0 Å². The minimum atomic E-state index is -0.318. The van der Waals surface area contributed by atoms with Crippen molar-refractivity contribution in [3.05, 3.63) is 64.3 Å². The number of aromatic amines is 1. The predicted octanol–water partition coefficient (Wildman–Crippen LogP) is 2.87. The summed E-state index contributed by atoms with van der Waals surface area (Å²) in [5, 5.41) is 11.1. The first-order chi connectivity index (χ1) is 10.7. The number of nitrogens with zero attached hydrogens (tertiary/aromatic N) is 2. The molecule has 1 N–H and O–H groups in total. The number of anilines is 1. The van der Waals surface area contributed by atoms with E-state index in [1.54, 1.807) is 18.3 Å². The zero-order chi connectivity index (χ0) is 15.4. The lowest BCUT2D eigenvalue weighted by atomic mass is 9.90. The molecule has 1 aliphatic rings. The molecule has 1 aromatic heterocycles. The number of nitro groups is 1. The molecule has 0 amide bonds. The minimum absolute atomic E-state index is 0.156. The van der Waals surface area contributed by atoms with Crippen LogP contribution in [0.15, 0.2) is 48.7 Å². The highest BCUT2D eigenvalue weighted by Gasteiger charge is 2.31. The Morgan fingerprint density at radius 2 is 1.86 bits per heavy atom. The Bertz CT molecular complexity index is 637. The van der Waals surface area contributed by atoms with E-state index >= 15 is 0 Å². The normalized spacial score (nSPS) is 15.7. The van der Waals surface area contributed by atoms with Crippen LogP contribution in [0.2, 0.25) is 0 Å². The van der Waals surface area contributed by atoms with Crippen LogP contribution >= 0.6 is 0 Å². The number of benzene rings is 1. The van der Waals surface area contributed by atoms with Crippen molar-refractivity contribution < 1.29 is 9.91 Å². The van der Waals surface area contributed by atoms with E-state index in [0.717, 1.165) is 32.4 Å². The molecule has 0 saturated carbocycles. The van der Waals surface area contributed by atoms with Crippen molar-refractivity contribution in [3.8, 4) is 0 Å². The zero-order valence-electron chi connectivity index (χ0n) is 12.4. The summed E-state index contributed by atoms with van der Waals surface area (Å²) >= 11 is 0. The summed E-state index contributed by atoms with van der Waals surface area (Å²) < 4.78 is 0. The predicted molar refractivity (Wildman–Crippen MR) is 84.7 cm³/mol. The smallest absolute Gasteiger partial charge is 0.258 e. The maximum absolute atomic E-state index is 11.1. The lowest BCUT2D eigenvalue weighted by Crippen LogP contribution is -2.38. The number of piperidine rings is 1. The van der Waals surface area contributed by atoms with Crippen molar-refractivity contribution in [2.45, 2.75) is 19.3 Å². The van der Waals surface area contributed by atoms with E-state index in [-0.39, 0.29) is 10.6 Å². The second-order valence-electron chi connectivity index (χ2n) is 5.78. The molecular weight excluding hydrogens is 278 g/mol. The fourth-order valence-electron chi connectivity index (χ4n) is 3.13. The average Bonchev–Trinajstić information content (AvgIpc) is 2.56. The number of pyridine rings is 1. The highest BCUT2D eigenvalue weighted by molar-refractivity contribution is 5.53. The van der Waals surface area contributed by atoms with Gasteiger partial charge in [0, 0.05) is 6.07 Å². The van der Waals surface area contributed by atoms with E-state index in [1.807, 2.05) is 6.07 Å². The molecule has 22 heavy (non-hydrogen) atoms. The van der Waals surface area contributed by atoms with Crippen LogP contribution in [0.5, 0.6) is 0 Å². The third kappa shape index (κ3) is 3.24. The van der Waals surface area contributed by atoms with Gasteiger partial charge in [-0.05, 0) is 36.8 Å². The van der Waals surface area contributed by atoms with Crippen molar-refractivity contribution in [2.24, 2.45) is 5.92 Å². The van der Waals surface area contributed by atoms with Gasteiger partial charge in [-0.2, -0.15) is 0 Å². The molecule has 2 heterocycles. The number of nitrogens with one attached hydrogen (secondary N) is 1. The monoisotopic (exact) mass is 298 g/mol. The van der Waals surface area contributed by atoms with Crippen molar-refractivity contribution in [3.63, 3.8) is 0 Å². The van der Waals surface area contributed by atoms with Gasteiger partial charge in [-0.25, -0.2) is 4.98 Å². The fourth-order valence-corrected chi connectivity index (χ4v) is 3.13. The Kier molecular flexibility index (Phi) is 4.32. The third-order valence-corrected chi connectivity index (χ3v) is 4.31. The van der Waals surface area contributed by atoms with Gasteiger partial charge in [0.05, 0.1) is 24.2 Å². The maximum Gasteiger partial charge on any atom is 0.357 e. The van der Waals surface area contributed by atoms with Crippen LogP contribution in [-0.2, 0) is 6.42 Å². The molecule has 0 unspecified atom stereocenters. The van der Waals surface area contributed by atoms with Crippen molar-refractivity contribution in [1.29, 1.82) is 0 Å². The van der Waals surface area contributed by atoms with Crippen LogP contribution in [0.1, 0.15) is 18.4 Å². The number of aromatic nitrogens is 1. The zero-order valence-corrected chi connectivity index (χ0v) is 12.4. The molecular formula is C17H20N3O2+. The molecule has 2 aromatic rings. The maximum atomic E-state index is 11.1. The standard InChI is InChI=1S/C17H19N3O2/c21-20(22)16-7-4-10-18-17(16)19-11-8-15(9-12-19)13-14-5-2-1-3-6-14/h1-7,10,15H,8-9,11-13H2/p+1. The first kappa shape index (κ1) is 14.5. The van der Waals surface area contributed by atoms with Gasteiger partial charge in [-0.15, -0.1) is 0 Å². The molecule has 0 atom stereocenters. The number of H-pyrrole nitrogens is 1. The Hall–Kier alpha value is -2.43. The topological polar surface area (TPSA) is 60.5 Å². The molecule has 1 aromatic carbocycles. The molecule has 0 bridgehead atoms. The van der Waals surface area contributed by atoms with Gasteiger partial charge >= 0.3 is 11.5 Å². The first-order valence-corrected chi connectivity index (χ1v) is 7.68. The number of hydrogen-bond acceptors (Lipinski definition) is 3. The van der Waals surface area contributed by atoms with Crippen LogP contribution in [0.25, 0.3) is 0 Å². The summed E-state index contributed by atoms with van der Waals surface area (Å²) in [5.41, 5.74) is 1.53. The summed E-state index contributed by atoms with van der Waals surface area (Å²) in [4.78, 5) is 15.9. The number of rotatable bonds is 4. The summed E-state index contributed by atoms with van der Waals surface area (Å²) in [6, 6.07) is 13.8. The molecule has 0 aliphatic carbocycles. The highest BCUT2D eigenvalue weighted by atomic mass is 16.6. The van der Waals surface area contributed by atoms with Gasteiger partial charge in [0.1, 0.15) is 0 Å². The summed E-state index contributed by atoms with van der Waals surface area (Å²) in [6.07, 6.45) is 4.97. The van der Waals surface area contributed by atoms with Crippen molar-refractivity contribution >= 4 is 11.5 Å². The summed E-state index contributed by atoms with van der Waals surface area (Å²) in [7, 11) is 0. The van der Waals surface area contributed by atoms with Crippen LogP contribution in [0.3, 0.4) is 0 Å². The second kappa shape index (κ2) is 6.56. The quantitative estimate of drug-likeness (QED) is 0.644.